The van der Waals surface area contributed by atoms with Crippen molar-refractivity contribution in [1.29, 1.82) is 0 Å². The molecule has 3 rings (SSSR count). The van der Waals surface area contributed by atoms with Gasteiger partial charge in [-0.3, -0.25) is 9.52 Å². The lowest BCUT2D eigenvalue weighted by atomic mass is 10.0. The molecule has 24 heavy (non-hydrogen) atoms. The van der Waals surface area contributed by atoms with Crippen LogP contribution in [0.3, 0.4) is 0 Å². The first-order valence-electron chi connectivity index (χ1n) is 7.62. The van der Waals surface area contributed by atoms with Crippen molar-refractivity contribution < 1.29 is 13.2 Å². The van der Waals surface area contributed by atoms with E-state index < -0.39 is 10.0 Å². The standard InChI is InChI=1S/C17H17BrN2O3S/c1-2-20-16-8-7-14(10-12(16)6-9-17(20)21)19-24(22,23)15-5-3-4-13(18)11-15/h3-5,7-8,10-11,19H,2,6,9H2,1H3. The van der Waals surface area contributed by atoms with Gasteiger partial charge in [0.05, 0.1) is 4.90 Å². The van der Waals surface area contributed by atoms with Crippen LogP contribution in [0.2, 0.25) is 0 Å². The minimum Gasteiger partial charge on any atom is -0.312 e. The number of nitrogens with one attached hydrogen (secondary N) is 1. The molecule has 0 bridgehead atoms. The zero-order valence-electron chi connectivity index (χ0n) is 13.1. The lowest BCUT2D eigenvalue weighted by molar-refractivity contribution is -0.118. The average Bonchev–Trinajstić information content (AvgIpc) is 2.54. The van der Waals surface area contributed by atoms with E-state index in [1.54, 1.807) is 47.4 Å². The number of carbonyl (C=O) groups excluding carboxylic acids is 1. The lowest BCUT2D eigenvalue weighted by Gasteiger charge is -2.28. The zero-order chi connectivity index (χ0) is 17.3. The van der Waals surface area contributed by atoms with Gasteiger partial charge in [0.1, 0.15) is 0 Å². The summed E-state index contributed by atoms with van der Waals surface area (Å²) in [7, 11) is -3.65. The van der Waals surface area contributed by atoms with Crippen LogP contribution >= 0.6 is 15.9 Å². The summed E-state index contributed by atoms with van der Waals surface area (Å²) in [5.74, 6) is 0.104. The molecule has 1 amide bonds. The summed E-state index contributed by atoms with van der Waals surface area (Å²) in [6.45, 7) is 2.53. The van der Waals surface area contributed by atoms with Crippen LogP contribution in [-0.2, 0) is 21.2 Å². The molecule has 1 heterocycles. The molecular weight excluding hydrogens is 392 g/mol. The van der Waals surface area contributed by atoms with E-state index in [9.17, 15) is 13.2 Å². The number of amides is 1. The molecule has 0 saturated heterocycles. The summed E-state index contributed by atoms with van der Waals surface area (Å²) in [4.78, 5) is 13.9. The first-order valence-corrected chi connectivity index (χ1v) is 9.90. The number of nitrogens with zero attached hydrogens (tertiary/aromatic N) is 1. The maximum Gasteiger partial charge on any atom is 0.261 e. The number of hydrogen-bond donors (Lipinski definition) is 1. The molecule has 2 aromatic rings. The van der Waals surface area contributed by atoms with Gasteiger partial charge in [-0.05, 0) is 55.3 Å². The van der Waals surface area contributed by atoms with E-state index in [1.807, 2.05) is 6.92 Å². The van der Waals surface area contributed by atoms with Crippen molar-refractivity contribution in [3.05, 3.63) is 52.5 Å². The van der Waals surface area contributed by atoms with Gasteiger partial charge < -0.3 is 4.90 Å². The lowest BCUT2D eigenvalue weighted by Crippen LogP contribution is -2.34. The Kier molecular flexibility index (Phi) is 4.64. The molecule has 0 spiro atoms. The molecule has 0 unspecified atom stereocenters. The van der Waals surface area contributed by atoms with Crippen LogP contribution in [0, 0.1) is 0 Å². The molecule has 1 aliphatic heterocycles. The van der Waals surface area contributed by atoms with Gasteiger partial charge in [0.25, 0.3) is 10.0 Å². The van der Waals surface area contributed by atoms with Crippen LogP contribution in [0.5, 0.6) is 0 Å². The number of hydrogen-bond acceptors (Lipinski definition) is 3. The summed E-state index contributed by atoms with van der Waals surface area (Å²) < 4.78 is 28.3. The maximum atomic E-state index is 12.5. The first kappa shape index (κ1) is 17.0. The fraction of sp³-hybridized carbons (Fsp3) is 0.235. The van der Waals surface area contributed by atoms with Crippen molar-refractivity contribution in [2.75, 3.05) is 16.2 Å². The van der Waals surface area contributed by atoms with Gasteiger partial charge in [-0.1, -0.05) is 22.0 Å². The van der Waals surface area contributed by atoms with E-state index in [0.717, 1.165) is 11.3 Å². The molecular formula is C17H17BrN2O3S. The SMILES string of the molecule is CCN1C(=O)CCc2cc(NS(=O)(=O)c3cccc(Br)c3)ccc21. The van der Waals surface area contributed by atoms with Crippen molar-refractivity contribution in [3.8, 4) is 0 Å². The van der Waals surface area contributed by atoms with Crippen LogP contribution < -0.4 is 9.62 Å². The second-order valence-corrected chi connectivity index (χ2v) is 8.14. The number of sulfonamides is 1. The van der Waals surface area contributed by atoms with Crippen LogP contribution in [-0.4, -0.2) is 20.9 Å². The van der Waals surface area contributed by atoms with Crippen molar-refractivity contribution in [2.24, 2.45) is 0 Å². The Morgan fingerprint density at radius 2 is 1.96 bits per heavy atom. The molecule has 0 fully saturated rings. The highest BCUT2D eigenvalue weighted by molar-refractivity contribution is 9.10. The number of rotatable bonds is 4. The summed E-state index contributed by atoms with van der Waals surface area (Å²) in [5.41, 5.74) is 2.34. The Labute approximate surface area is 149 Å². The molecule has 126 valence electrons. The summed E-state index contributed by atoms with van der Waals surface area (Å²) in [6, 6.07) is 11.8. The largest absolute Gasteiger partial charge is 0.312 e. The van der Waals surface area contributed by atoms with Crippen molar-refractivity contribution in [3.63, 3.8) is 0 Å². The Balaban J connectivity index is 1.90. The van der Waals surface area contributed by atoms with Gasteiger partial charge in [-0.2, -0.15) is 0 Å². The van der Waals surface area contributed by atoms with Gasteiger partial charge in [0.2, 0.25) is 5.91 Å². The topological polar surface area (TPSA) is 66.5 Å². The highest BCUT2D eigenvalue weighted by Gasteiger charge is 2.23. The number of carbonyl (C=O) groups is 1. The second-order valence-electron chi connectivity index (χ2n) is 5.54. The van der Waals surface area contributed by atoms with Crippen LogP contribution in [0.25, 0.3) is 0 Å². The molecule has 0 aromatic heterocycles. The number of fused-ring (bicyclic) bond motifs is 1. The third kappa shape index (κ3) is 3.32. The fourth-order valence-corrected chi connectivity index (χ4v) is 4.46. The van der Waals surface area contributed by atoms with Crippen molar-refractivity contribution in [2.45, 2.75) is 24.7 Å². The van der Waals surface area contributed by atoms with Crippen molar-refractivity contribution >= 4 is 43.2 Å². The van der Waals surface area contributed by atoms with Crippen LogP contribution in [0.1, 0.15) is 18.9 Å². The number of benzene rings is 2. The quantitative estimate of drug-likeness (QED) is 0.840. The zero-order valence-corrected chi connectivity index (χ0v) is 15.5. The van der Waals surface area contributed by atoms with E-state index in [4.69, 9.17) is 0 Å². The van der Waals surface area contributed by atoms with Gasteiger partial charge in [-0.15, -0.1) is 0 Å². The Morgan fingerprint density at radius 3 is 2.67 bits per heavy atom. The van der Waals surface area contributed by atoms with Gasteiger partial charge in [0, 0.05) is 28.8 Å². The summed E-state index contributed by atoms with van der Waals surface area (Å²) in [5, 5.41) is 0. The summed E-state index contributed by atoms with van der Waals surface area (Å²) in [6.07, 6.45) is 1.07. The van der Waals surface area contributed by atoms with E-state index in [0.29, 0.717) is 29.5 Å². The molecule has 5 nitrogen and oxygen atoms in total. The molecule has 0 atom stereocenters. The minimum atomic E-state index is -3.65. The Bertz CT molecular complexity index is 896. The highest BCUT2D eigenvalue weighted by atomic mass is 79.9. The molecule has 0 radical (unpaired) electrons. The van der Waals surface area contributed by atoms with Gasteiger partial charge >= 0.3 is 0 Å². The molecule has 1 N–H and O–H groups in total. The number of halogens is 1. The minimum absolute atomic E-state index is 0.104. The third-order valence-corrected chi connectivity index (χ3v) is 5.83. The Morgan fingerprint density at radius 1 is 1.17 bits per heavy atom. The van der Waals surface area contributed by atoms with Crippen molar-refractivity contribution in [1.82, 2.24) is 0 Å². The normalized spacial score (nSPS) is 14.4. The molecule has 2 aromatic carbocycles. The monoisotopic (exact) mass is 408 g/mol. The predicted octanol–water partition coefficient (Wildman–Crippen LogP) is 3.55. The van der Waals surface area contributed by atoms with E-state index >= 15 is 0 Å². The smallest absolute Gasteiger partial charge is 0.261 e. The number of aryl methyl sites for hydroxylation is 1. The Hall–Kier alpha value is -1.86. The second kappa shape index (κ2) is 6.57. The highest BCUT2D eigenvalue weighted by Crippen LogP contribution is 2.31. The van der Waals surface area contributed by atoms with E-state index in [1.165, 1.54) is 0 Å². The average molecular weight is 409 g/mol. The predicted molar refractivity (Wildman–Crippen MR) is 97.7 cm³/mol. The van der Waals surface area contributed by atoms with Crippen LogP contribution in [0.4, 0.5) is 11.4 Å². The first-order chi connectivity index (χ1) is 11.4. The van der Waals surface area contributed by atoms with E-state index in [-0.39, 0.29) is 10.8 Å². The third-order valence-electron chi connectivity index (χ3n) is 3.95. The summed E-state index contributed by atoms with van der Waals surface area (Å²) >= 11 is 3.28. The molecule has 1 aliphatic rings. The number of anilines is 2. The molecule has 7 heteroatoms. The maximum absolute atomic E-state index is 12.5. The van der Waals surface area contributed by atoms with Gasteiger partial charge in [-0.25, -0.2) is 8.42 Å². The fourth-order valence-electron chi connectivity index (χ4n) is 2.82. The van der Waals surface area contributed by atoms with Crippen LogP contribution in [0.15, 0.2) is 51.8 Å². The van der Waals surface area contributed by atoms with Gasteiger partial charge in [0.15, 0.2) is 0 Å². The molecule has 0 saturated carbocycles. The van der Waals surface area contributed by atoms with E-state index in [2.05, 4.69) is 20.7 Å². The molecule has 0 aliphatic carbocycles.